The van der Waals surface area contributed by atoms with Crippen LogP contribution in [0.3, 0.4) is 0 Å². The number of halogens is 3. The molecule has 2 amide bonds. The van der Waals surface area contributed by atoms with Gasteiger partial charge in [-0.25, -0.2) is 0 Å². The summed E-state index contributed by atoms with van der Waals surface area (Å²) in [6, 6.07) is 8.30. The van der Waals surface area contributed by atoms with Gasteiger partial charge in [-0.1, -0.05) is 5.16 Å². The van der Waals surface area contributed by atoms with Crippen molar-refractivity contribution in [2.75, 3.05) is 25.0 Å². The van der Waals surface area contributed by atoms with E-state index in [0.29, 0.717) is 54.0 Å². The average molecular weight is 445 g/mol. The summed E-state index contributed by atoms with van der Waals surface area (Å²) in [5.74, 6) is 0.0655. The fourth-order valence-electron chi connectivity index (χ4n) is 4.18. The molecular weight excluding hydrogens is 427 g/mol. The van der Waals surface area contributed by atoms with Crippen LogP contribution in [-0.4, -0.2) is 41.6 Å². The van der Waals surface area contributed by atoms with Crippen LogP contribution in [0.15, 0.2) is 40.9 Å². The molecule has 0 bridgehead atoms. The summed E-state index contributed by atoms with van der Waals surface area (Å²) < 4.78 is 49.2. The molecule has 2 aliphatic rings. The second-order valence-corrected chi connectivity index (χ2v) is 7.89. The number of likely N-dealkylation sites (tertiary alicyclic amines) is 1. The molecule has 5 rings (SSSR count). The summed E-state index contributed by atoms with van der Waals surface area (Å²) >= 11 is 0. The maximum atomic E-state index is 12.9. The van der Waals surface area contributed by atoms with Crippen molar-refractivity contribution in [2.45, 2.75) is 24.9 Å². The number of aromatic nitrogens is 1. The van der Waals surface area contributed by atoms with E-state index in [1.807, 2.05) is 0 Å². The molecule has 0 atom stereocenters. The number of anilines is 1. The quantitative estimate of drug-likeness (QED) is 0.639. The highest BCUT2D eigenvalue weighted by molar-refractivity contribution is 6.00. The maximum absolute atomic E-state index is 12.9. The number of carbonyl (C=O) groups excluding carboxylic acids is 2. The molecule has 166 valence electrons. The third kappa shape index (κ3) is 3.65. The van der Waals surface area contributed by atoms with Gasteiger partial charge in [-0.05, 0) is 49.2 Å². The van der Waals surface area contributed by atoms with Gasteiger partial charge in [0.2, 0.25) is 0 Å². The molecule has 2 aliphatic heterocycles. The van der Waals surface area contributed by atoms with Crippen LogP contribution in [0.4, 0.5) is 18.9 Å². The first-order valence-electron chi connectivity index (χ1n) is 10.1. The van der Waals surface area contributed by atoms with Gasteiger partial charge in [-0.15, -0.1) is 0 Å². The lowest BCUT2D eigenvalue weighted by Gasteiger charge is -2.31. The lowest BCUT2D eigenvalue weighted by Crippen LogP contribution is -2.38. The Morgan fingerprint density at radius 2 is 1.91 bits per heavy atom. The van der Waals surface area contributed by atoms with Crippen molar-refractivity contribution in [2.24, 2.45) is 0 Å². The van der Waals surface area contributed by atoms with Gasteiger partial charge < -0.3 is 19.5 Å². The third-order valence-corrected chi connectivity index (χ3v) is 5.86. The van der Waals surface area contributed by atoms with Gasteiger partial charge in [-0.3, -0.25) is 9.59 Å². The van der Waals surface area contributed by atoms with Gasteiger partial charge in [-0.2, -0.15) is 13.2 Å². The molecule has 3 aromatic rings. The van der Waals surface area contributed by atoms with E-state index >= 15 is 0 Å². The molecule has 1 saturated heterocycles. The number of fused-ring (bicyclic) bond motifs is 2. The zero-order valence-electron chi connectivity index (χ0n) is 16.7. The van der Waals surface area contributed by atoms with E-state index in [-0.39, 0.29) is 29.9 Å². The third-order valence-electron chi connectivity index (χ3n) is 5.86. The van der Waals surface area contributed by atoms with E-state index in [9.17, 15) is 22.8 Å². The molecule has 7 nitrogen and oxygen atoms in total. The first-order valence-corrected chi connectivity index (χ1v) is 10.1. The lowest BCUT2D eigenvalue weighted by atomic mass is 9.91. The Hall–Kier alpha value is -3.56. The highest BCUT2D eigenvalue weighted by Gasteiger charge is 2.33. The van der Waals surface area contributed by atoms with Crippen molar-refractivity contribution in [3.8, 4) is 5.75 Å². The minimum Gasteiger partial charge on any atom is -0.482 e. The number of carbonyl (C=O) groups is 2. The Balaban J connectivity index is 1.29. The zero-order chi connectivity index (χ0) is 22.5. The van der Waals surface area contributed by atoms with Gasteiger partial charge in [0.05, 0.1) is 16.9 Å². The van der Waals surface area contributed by atoms with E-state index in [2.05, 4.69) is 10.5 Å². The number of benzene rings is 2. The van der Waals surface area contributed by atoms with E-state index in [1.54, 1.807) is 23.1 Å². The standard InChI is InChI=1S/C22H18F3N3O4/c23-22(24,25)14-2-3-15-18(10-14)32-27-20(15)12-5-7-28(8-6-12)21(30)13-1-4-17-16(9-13)26-19(29)11-31-17/h1-4,9-10,12H,5-8,11H2,(H,26,29). The second-order valence-electron chi connectivity index (χ2n) is 7.89. The molecule has 2 aromatic carbocycles. The smallest absolute Gasteiger partial charge is 0.416 e. The second kappa shape index (κ2) is 7.54. The lowest BCUT2D eigenvalue weighted by molar-refractivity contribution is -0.137. The van der Waals surface area contributed by atoms with Gasteiger partial charge >= 0.3 is 6.18 Å². The van der Waals surface area contributed by atoms with Gasteiger partial charge in [0.15, 0.2) is 12.2 Å². The summed E-state index contributed by atoms with van der Waals surface area (Å²) in [4.78, 5) is 26.2. The maximum Gasteiger partial charge on any atom is 0.416 e. The van der Waals surface area contributed by atoms with Crippen molar-refractivity contribution >= 4 is 28.5 Å². The Morgan fingerprint density at radius 3 is 2.66 bits per heavy atom. The molecule has 0 unspecified atom stereocenters. The Bertz CT molecular complexity index is 1210. The topological polar surface area (TPSA) is 84.7 Å². The Labute approximate surface area is 180 Å². The number of amides is 2. The Kier molecular flexibility index (Phi) is 4.79. The number of alkyl halides is 3. The van der Waals surface area contributed by atoms with Gasteiger partial charge in [0.25, 0.3) is 11.8 Å². The van der Waals surface area contributed by atoms with E-state index < -0.39 is 11.7 Å². The van der Waals surface area contributed by atoms with Crippen LogP contribution < -0.4 is 10.1 Å². The normalized spacial score (nSPS) is 17.1. The van der Waals surface area contributed by atoms with Crippen LogP contribution in [0.25, 0.3) is 11.0 Å². The molecule has 0 saturated carbocycles. The first kappa shape index (κ1) is 20.3. The van der Waals surface area contributed by atoms with Crippen LogP contribution in [-0.2, 0) is 11.0 Å². The molecule has 3 heterocycles. The van der Waals surface area contributed by atoms with E-state index in [0.717, 1.165) is 12.1 Å². The van der Waals surface area contributed by atoms with Crippen LogP contribution in [0, 0.1) is 0 Å². The van der Waals surface area contributed by atoms with Crippen molar-refractivity contribution < 1.29 is 32.0 Å². The molecule has 1 aromatic heterocycles. The van der Waals surface area contributed by atoms with E-state index in [1.165, 1.54) is 6.07 Å². The molecule has 1 N–H and O–H groups in total. The number of nitrogens with one attached hydrogen (secondary N) is 1. The van der Waals surface area contributed by atoms with E-state index in [4.69, 9.17) is 9.26 Å². The molecule has 0 aliphatic carbocycles. The molecule has 0 spiro atoms. The van der Waals surface area contributed by atoms with Gasteiger partial charge in [0, 0.05) is 30.0 Å². The monoisotopic (exact) mass is 445 g/mol. The molecule has 10 heteroatoms. The summed E-state index contributed by atoms with van der Waals surface area (Å²) in [5, 5.41) is 7.28. The van der Waals surface area contributed by atoms with Crippen molar-refractivity contribution in [3.63, 3.8) is 0 Å². The fraction of sp³-hybridized carbons (Fsp3) is 0.318. The van der Waals surface area contributed by atoms with Crippen molar-refractivity contribution in [3.05, 3.63) is 53.2 Å². The van der Waals surface area contributed by atoms with Crippen LogP contribution in [0.2, 0.25) is 0 Å². The molecule has 32 heavy (non-hydrogen) atoms. The molecular formula is C22H18F3N3O4. The summed E-state index contributed by atoms with van der Waals surface area (Å²) in [7, 11) is 0. The summed E-state index contributed by atoms with van der Waals surface area (Å²) in [6.07, 6.45) is -3.23. The van der Waals surface area contributed by atoms with Crippen LogP contribution in [0.5, 0.6) is 5.75 Å². The average Bonchev–Trinajstić information content (AvgIpc) is 3.21. The first-order chi connectivity index (χ1) is 15.3. The number of piperidine rings is 1. The number of nitrogens with zero attached hydrogens (tertiary/aromatic N) is 2. The van der Waals surface area contributed by atoms with Crippen molar-refractivity contribution in [1.29, 1.82) is 0 Å². The number of rotatable bonds is 2. The molecule has 1 fully saturated rings. The molecule has 0 radical (unpaired) electrons. The highest BCUT2D eigenvalue weighted by atomic mass is 19.4. The SMILES string of the molecule is O=C1COc2ccc(C(=O)N3CCC(c4noc5cc(C(F)(F)F)ccc45)CC3)cc2N1. The zero-order valence-corrected chi connectivity index (χ0v) is 16.7. The van der Waals surface area contributed by atoms with Crippen LogP contribution >= 0.6 is 0 Å². The Morgan fingerprint density at radius 1 is 1.12 bits per heavy atom. The number of ether oxygens (including phenoxy) is 1. The summed E-state index contributed by atoms with van der Waals surface area (Å²) in [6.45, 7) is 0.888. The largest absolute Gasteiger partial charge is 0.482 e. The van der Waals surface area contributed by atoms with Crippen molar-refractivity contribution in [1.82, 2.24) is 10.1 Å². The minimum absolute atomic E-state index is 0.0201. The fourth-order valence-corrected chi connectivity index (χ4v) is 4.18. The minimum atomic E-state index is -4.45. The number of hydrogen-bond acceptors (Lipinski definition) is 5. The summed E-state index contributed by atoms with van der Waals surface area (Å²) in [5.41, 5.74) is 0.856. The van der Waals surface area contributed by atoms with Crippen LogP contribution in [0.1, 0.15) is 40.4 Å². The van der Waals surface area contributed by atoms with Gasteiger partial charge in [0.1, 0.15) is 5.75 Å². The predicted octanol–water partition coefficient (Wildman–Crippen LogP) is 4.20. The predicted molar refractivity (Wildman–Crippen MR) is 107 cm³/mol. The number of hydrogen-bond donors (Lipinski definition) is 1. The highest BCUT2D eigenvalue weighted by Crippen LogP contribution is 2.37.